The lowest BCUT2D eigenvalue weighted by atomic mass is 11.4. The van der Waals surface area contributed by atoms with Gasteiger partial charge in [-0.1, -0.05) is 0 Å². The molecule has 0 radical (unpaired) electrons. The standard InChI is InChI=1S/4C3H9O.4ClH/c4*1-4(2)3;;;;/h4*1-3H3;4*1H/q4*+1;;;;/p-4. The molecule has 0 amide bonds. The van der Waals surface area contributed by atoms with Crippen LogP contribution in [0.15, 0.2) is 0 Å². The first-order valence-corrected chi connectivity index (χ1v) is 4.90. The average molecular weight is 386 g/mol. The Labute approximate surface area is 152 Å². The van der Waals surface area contributed by atoms with Crippen molar-refractivity contribution in [3.8, 4) is 0 Å². The monoisotopic (exact) mass is 384 g/mol. The Morgan fingerprint density at radius 1 is 0.250 bits per heavy atom. The minimum atomic E-state index is 0. The first kappa shape index (κ1) is 49.7. The summed E-state index contributed by atoms with van der Waals surface area (Å²) < 4.78 is 10.3. The summed E-state index contributed by atoms with van der Waals surface area (Å²) in [5, 5.41) is 0. The summed E-state index contributed by atoms with van der Waals surface area (Å²) in [5.74, 6) is 0. The highest BCUT2D eigenvalue weighted by Crippen LogP contribution is 1.61. The molecule has 0 spiro atoms. The third-order valence-electron chi connectivity index (χ3n) is 0. The lowest BCUT2D eigenvalue weighted by molar-refractivity contribution is -0.00282. The van der Waals surface area contributed by atoms with E-state index in [0.29, 0.717) is 0 Å². The van der Waals surface area contributed by atoms with Crippen LogP contribution >= 0.6 is 0 Å². The van der Waals surface area contributed by atoms with Gasteiger partial charge in [-0.2, -0.15) is 0 Å². The molecular formula is C12H36Cl4O4. The second-order valence-corrected chi connectivity index (χ2v) is 4.90. The predicted molar refractivity (Wildman–Crippen MR) is 75.4 cm³/mol. The van der Waals surface area contributed by atoms with Crippen molar-refractivity contribution in [3.63, 3.8) is 0 Å². The summed E-state index contributed by atoms with van der Waals surface area (Å²) >= 11 is 0. The number of halogens is 4. The van der Waals surface area contributed by atoms with E-state index < -0.39 is 0 Å². The van der Waals surface area contributed by atoms with E-state index in [9.17, 15) is 0 Å². The highest BCUT2D eigenvalue weighted by molar-refractivity contribution is 3.85. The lowest BCUT2D eigenvalue weighted by Crippen LogP contribution is -3.00. The fraction of sp³-hybridized carbons (Fsp3) is 1.00. The van der Waals surface area contributed by atoms with Crippen molar-refractivity contribution in [2.75, 3.05) is 85.3 Å². The third kappa shape index (κ3) is 6160. The van der Waals surface area contributed by atoms with Crippen LogP contribution in [-0.4, -0.2) is 85.3 Å². The summed E-state index contributed by atoms with van der Waals surface area (Å²) in [6, 6.07) is 0. The highest BCUT2D eigenvalue weighted by atomic mass is 35.5. The van der Waals surface area contributed by atoms with E-state index in [4.69, 9.17) is 0 Å². The molecule has 0 bridgehead atoms. The van der Waals surface area contributed by atoms with Crippen molar-refractivity contribution < 1.29 is 67.1 Å². The number of hydrogen-bond donors (Lipinski definition) is 0. The van der Waals surface area contributed by atoms with E-state index in [1.807, 2.05) is 85.3 Å². The molecular weight excluding hydrogens is 350 g/mol. The summed E-state index contributed by atoms with van der Waals surface area (Å²) in [5.41, 5.74) is 0. The fourth-order valence-corrected chi connectivity index (χ4v) is 0. The van der Waals surface area contributed by atoms with Crippen molar-refractivity contribution >= 4 is 0 Å². The van der Waals surface area contributed by atoms with Gasteiger partial charge >= 0.3 is 0 Å². The molecule has 0 heterocycles. The van der Waals surface area contributed by atoms with E-state index in [1.54, 1.807) is 0 Å². The third-order valence-corrected chi connectivity index (χ3v) is 0. The average Bonchev–Trinajstić information content (AvgIpc) is 1.76. The van der Waals surface area contributed by atoms with Crippen LogP contribution in [0.4, 0.5) is 0 Å². The number of hydrogen-bond acceptors (Lipinski definition) is 0. The van der Waals surface area contributed by atoms with Gasteiger partial charge in [0.15, 0.2) is 0 Å². The molecule has 0 fully saturated rings. The Morgan fingerprint density at radius 3 is 0.250 bits per heavy atom. The van der Waals surface area contributed by atoms with E-state index in [-0.39, 0.29) is 49.6 Å². The Balaban J connectivity index is -0.0000000150. The van der Waals surface area contributed by atoms with Gasteiger partial charge in [-0.3, -0.25) is 0 Å². The molecule has 0 aromatic carbocycles. The van der Waals surface area contributed by atoms with Crippen LogP contribution in [0.3, 0.4) is 0 Å². The van der Waals surface area contributed by atoms with Gasteiger partial charge in [0.05, 0.1) is 0 Å². The molecule has 0 aliphatic rings. The molecule has 0 unspecified atom stereocenters. The Kier molecular flexibility index (Phi) is 106. The smallest absolute Gasteiger partial charge is 0.135 e. The maximum Gasteiger partial charge on any atom is 0.135 e. The fourth-order valence-electron chi connectivity index (χ4n) is 0. The summed E-state index contributed by atoms with van der Waals surface area (Å²) in [6.45, 7) is 0. The summed E-state index contributed by atoms with van der Waals surface area (Å²) in [4.78, 5) is 0. The molecule has 0 saturated heterocycles. The van der Waals surface area contributed by atoms with Gasteiger partial charge in [0, 0.05) is 0 Å². The van der Waals surface area contributed by atoms with Crippen LogP contribution in [0.1, 0.15) is 0 Å². The second-order valence-electron chi connectivity index (χ2n) is 4.90. The molecule has 0 N–H and O–H groups in total. The van der Waals surface area contributed by atoms with Gasteiger partial charge in [0.25, 0.3) is 0 Å². The van der Waals surface area contributed by atoms with Gasteiger partial charge in [0.1, 0.15) is 85.3 Å². The summed E-state index contributed by atoms with van der Waals surface area (Å²) in [6.07, 6.45) is 0. The van der Waals surface area contributed by atoms with Gasteiger partial charge < -0.3 is 67.1 Å². The minimum absolute atomic E-state index is 0. The van der Waals surface area contributed by atoms with Gasteiger partial charge in [0.2, 0.25) is 0 Å². The molecule has 0 atom stereocenters. The zero-order valence-electron chi connectivity index (χ0n) is 15.1. The first-order valence-electron chi connectivity index (χ1n) is 4.90. The molecule has 0 aliphatic carbocycles. The van der Waals surface area contributed by atoms with Crippen molar-refractivity contribution in [1.82, 2.24) is 0 Å². The largest absolute Gasteiger partial charge is 1.00 e. The van der Waals surface area contributed by atoms with Crippen LogP contribution in [0.2, 0.25) is 0 Å². The van der Waals surface area contributed by atoms with E-state index in [0.717, 1.165) is 0 Å². The Morgan fingerprint density at radius 2 is 0.250 bits per heavy atom. The predicted octanol–water partition coefficient (Wildman–Crippen LogP) is -10.3. The van der Waals surface area contributed by atoms with Crippen molar-refractivity contribution in [3.05, 3.63) is 0 Å². The maximum atomic E-state index is 2.58. The second kappa shape index (κ2) is 42.7. The van der Waals surface area contributed by atoms with Crippen LogP contribution in [-0.2, 0) is 17.5 Å². The molecule has 0 saturated carbocycles. The number of rotatable bonds is 0. The van der Waals surface area contributed by atoms with Crippen molar-refractivity contribution in [2.45, 2.75) is 0 Å². The Hall–Kier alpha value is 1.00. The minimum Gasteiger partial charge on any atom is -1.00 e. The maximum absolute atomic E-state index is 2.58. The van der Waals surface area contributed by atoms with Gasteiger partial charge in [-0.25, -0.2) is 0 Å². The molecule has 20 heavy (non-hydrogen) atoms. The van der Waals surface area contributed by atoms with Crippen LogP contribution in [0.5, 0.6) is 0 Å². The van der Waals surface area contributed by atoms with Crippen LogP contribution in [0.25, 0.3) is 0 Å². The highest BCUT2D eigenvalue weighted by Gasteiger charge is 1.62. The summed E-state index contributed by atoms with van der Waals surface area (Å²) in [7, 11) is 23.0. The SMILES string of the molecule is C[O+](C)C.C[O+](C)C.C[O+](C)C.C[O+](C)C.[Cl-].[Cl-].[Cl-].[Cl-]. The molecule has 0 aliphatic heterocycles. The molecule has 0 aromatic rings. The van der Waals surface area contributed by atoms with E-state index in [1.165, 1.54) is 0 Å². The molecule has 0 rings (SSSR count). The topological polar surface area (TPSA) is 10.8 Å². The normalized spacial score (nSPS) is 7.20. The van der Waals surface area contributed by atoms with E-state index >= 15 is 0 Å². The zero-order chi connectivity index (χ0) is 14.3. The Bertz CT molecular complexity index is 70.4. The lowest BCUT2D eigenvalue weighted by Gasteiger charge is -1.90. The zero-order valence-corrected chi connectivity index (χ0v) is 18.2. The molecule has 4 nitrogen and oxygen atoms in total. The quantitative estimate of drug-likeness (QED) is 0.367. The van der Waals surface area contributed by atoms with Crippen molar-refractivity contribution in [2.24, 2.45) is 0 Å². The van der Waals surface area contributed by atoms with Gasteiger partial charge in [-0.15, -0.1) is 0 Å². The molecule has 136 valence electrons. The van der Waals surface area contributed by atoms with Gasteiger partial charge in [-0.05, 0) is 0 Å². The first-order chi connectivity index (χ1) is 6.93. The van der Waals surface area contributed by atoms with Crippen LogP contribution < -0.4 is 49.6 Å². The molecule has 0 aromatic heterocycles. The van der Waals surface area contributed by atoms with E-state index in [2.05, 4.69) is 17.5 Å². The van der Waals surface area contributed by atoms with Crippen LogP contribution in [0, 0.1) is 0 Å². The molecule has 8 heteroatoms. The van der Waals surface area contributed by atoms with Crippen molar-refractivity contribution in [1.29, 1.82) is 0 Å².